The molecule has 112 valence electrons. The van der Waals surface area contributed by atoms with Gasteiger partial charge in [0.15, 0.2) is 0 Å². The molecule has 1 aromatic heterocycles. The van der Waals surface area contributed by atoms with Crippen LogP contribution in [-0.2, 0) is 13.0 Å². The van der Waals surface area contributed by atoms with E-state index in [0.29, 0.717) is 6.04 Å². The van der Waals surface area contributed by atoms with Gasteiger partial charge in [-0.05, 0) is 69.0 Å². The fourth-order valence-corrected chi connectivity index (χ4v) is 3.40. The quantitative estimate of drug-likeness (QED) is 0.851. The summed E-state index contributed by atoms with van der Waals surface area (Å²) in [6.45, 7) is 6.16. The van der Waals surface area contributed by atoms with Crippen molar-refractivity contribution in [1.29, 1.82) is 0 Å². The Hall–Kier alpha value is -1.32. The predicted molar refractivity (Wildman–Crippen MR) is 86.8 cm³/mol. The number of benzene rings is 1. The van der Waals surface area contributed by atoms with E-state index in [0.717, 1.165) is 36.6 Å². The van der Waals surface area contributed by atoms with Crippen molar-refractivity contribution < 1.29 is 0 Å². The maximum Gasteiger partial charge on any atom is 0.0596 e. The summed E-state index contributed by atoms with van der Waals surface area (Å²) in [6, 6.07) is 8.89. The van der Waals surface area contributed by atoms with E-state index in [9.17, 15) is 0 Å². The van der Waals surface area contributed by atoms with Gasteiger partial charge in [-0.15, -0.1) is 0 Å². The van der Waals surface area contributed by atoms with Crippen molar-refractivity contribution in [2.24, 2.45) is 0 Å². The maximum atomic E-state index is 6.05. The number of nitrogens with one attached hydrogen (secondary N) is 1. The molecular formula is C17H22ClN3. The Morgan fingerprint density at radius 2 is 2.19 bits per heavy atom. The van der Waals surface area contributed by atoms with Crippen molar-refractivity contribution >= 4 is 11.6 Å². The molecule has 0 fully saturated rings. The van der Waals surface area contributed by atoms with Crippen molar-refractivity contribution in [3.05, 3.63) is 51.8 Å². The molecule has 0 aliphatic heterocycles. The van der Waals surface area contributed by atoms with Gasteiger partial charge in [0.1, 0.15) is 0 Å². The molecule has 0 bridgehead atoms. The van der Waals surface area contributed by atoms with Crippen LogP contribution in [0.15, 0.2) is 24.3 Å². The second-order valence-electron chi connectivity index (χ2n) is 5.89. The SMILES string of the molecule is Cc1cc(C)n(CCCNC2CCc3cc(Cl)ccc32)n1. The number of hydrogen-bond acceptors (Lipinski definition) is 2. The highest BCUT2D eigenvalue weighted by atomic mass is 35.5. The second kappa shape index (κ2) is 6.20. The first-order chi connectivity index (χ1) is 10.1. The monoisotopic (exact) mass is 303 g/mol. The lowest BCUT2D eigenvalue weighted by Crippen LogP contribution is -2.21. The lowest BCUT2D eigenvalue weighted by molar-refractivity contribution is 0.481. The first-order valence-electron chi connectivity index (χ1n) is 7.66. The van der Waals surface area contributed by atoms with E-state index in [1.807, 2.05) is 13.0 Å². The smallest absolute Gasteiger partial charge is 0.0596 e. The van der Waals surface area contributed by atoms with Crippen LogP contribution in [0.1, 0.15) is 41.4 Å². The van der Waals surface area contributed by atoms with Crippen LogP contribution in [0, 0.1) is 13.8 Å². The summed E-state index contributed by atoms with van der Waals surface area (Å²) < 4.78 is 2.10. The van der Waals surface area contributed by atoms with Crippen LogP contribution in [0.2, 0.25) is 5.02 Å². The van der Waals surface area contributed by atoms with E-state index in [1.54, 1.807) is 0 Å². The molecule has 3 nitrogen and oxygen atoms in total. The Labute approximate surface area is 131 Å². The van der Waals surface area contributed by atoms with E-state index in [-0.39, 0.29) is 0 Å². The third-order valence-electron chi connectivity index (χ3n) is 4.22. The highest BCUT2D eigenvalue weighted by Gasteiger charge is 2.21. The fourth-order valence-electron chi connectivity index (χ4n) is 3.20. The zero-order valence-electron chi connectivity index (χ0n) is 12.7. The molecule has 1 heterocycles. The first-order valence-corrected chi connectivity index (χ1v) is 8.04. The molecule has 1 atom stereocenters. The van der Waals surface area contributed by atoms with E-state index < -0.39 is 0 Å². The summed E-state index contributed by atoms with van der Waals surface area (Å²) in [7, 11) is 0. The van der Waals surface area contributed by atoms with Gasteiger partial charge in [0.2, 0.25) is 0 Å². The maximum absolute atomic E-state index is 6.05. The highest BCUT2D eigenvalue weighted by molar-refractivity contribution is 6.30. The van der Waals surface area contributed by atoms with Gasteiger partial charge < -0.3 is 5.32 Å². The van der Waals surface area contributed by atoms with E-state index >= 15 is 0 Å². The molecular weight excluding hydrogens is 282 g/mol. The molecule has 3 rings (SSSR count). The summed E-state index contributed by atoms with van der Waals surface area (Å²) in [5.74, 6) is 0. The van der Waals surface area contributed by atoms with Crippen LogP contribution in [0.3, 0.4) is 0 Å². The third kappa shape index (κ3) is 3.30. The Kier molecular flexibility index (Phi) is 4.32. The van der Waals surface area contributed by atoms with Crippen molar-refractivity contribution in [3.63, 3.8) is 0 Å². The minimum absolute atomic E-state index is 0.484. The lowest BCUT2D eigenvalue weighted by Gasteiger charge is -2.14. The fraction of sp³-hybridized carbons (Fsp3) is 0.471. The Morgan fingerprint density at radius 1 is 1.33 bits per heavy atom. The van der Waals surface area contributed by atoms with E-state index in [2.05, 4.69) is 40.2 Å². The van der Waals surface area contributed by atoms with E-state index in [1.165, 1.54) is 23.2 Å². The van der Waals surface area contributed by atoms with Gasteiger partial charge in [-0.25, -0.2) is 0 Å². The Morgan fingerprint density at radius 3 is 2.95 bits per heavy atom. The van der Waals surface area contributed by atoms with Crippen molar-refractivity contribution in [3.8, 4) is 0 Å². The van der Waals surface area contributed by atoms with Gasteiger partial charge in [-0.2, -0.15) is 5.10 Å². The van der Waals surface area contributed by atoms with Gasteiger partial charge in [-0.3, -0.25) is 4.68 Å². The molecule has 1 aliphatic rings. The summed E-state index contributed by atoms with van der Waals surface area (Å²) in [5, 5.41) is 9.02. The number of fused-ring (bicyclic) bond motifs is 1. The number of aryl methyl sites for hydroxylation is 4. The highest BCUT2D eigenvalue weighted by Crippen LogP contribution is 2.32. The van der Waals surface area contributed by atoms with Gasteiger partial charge in [0, 0.05) is 23.3 Å². The summed E-state index contributed by atoms with van der Waals surface area (Å²) in [4.78, 5) is 0. The molecule has 2 aromatic rings. The molecule has 1 N–H and O–H groups in total. The number of rotatable bonds is 5. The van der Waals surface area contributed by atoms with Crippen molar-refractivity contribution in [2.45, 2.75) is 45.7 Å². The summed E-state index contributed by atoms with van der Waals surface area (Å²) in [6.07, 6.45) is 3.40. The standard InChI is InChI=1S/C17H22ClN3/c1-12-10-13(2)21(20-12)9-3-8-19-17-7-4-14-11-15(18)5-6-16(14)17/h5-6,10-11,17,19H,3-4,7-9H2,1-2H3. The molecule has 1 unspecified atom stereocenters. The van der Waals surface area contributed by atoms with E-state index in [4.69, 9.17) is 11.6 Å². The van der Waals surface area contributed by atoms with Crippen LogP contribution >= 0.6 is 11.6 Å². The molecule has 0 amide bonds. The van der Waals surface area contributed by atoms with Gasteiger partial charge in [0.05, 0.1) is 5.69 Å². The normalized spacial score (nSPS) is 17.2. The number of nitrogens with zero attached hydrogens (tertiary/aromatic N) is 2. The molecule has 21 heavy (non-hydrogen) atoms. The molecule has 4 heteroatoms. The van der Waals surface area contributed by atoms with Crippen LogP contribution in [-0.4, -0.2) is 16.3 Å². The largest absolute Gasteiger partial charge is 0.310 e. The van der Waals surface area contributed by atoms with Gasteiger partial charge >= 0.3 is 0 Å². The zero-order valence-corrected chi connectivity index (χ0v) is 13.5. The van der Waals surface area contributed by atoms with Crippen molar-refractivity contribution in [2.75, 3.05) is 6.54 Å². The van der Waals surface area contributed by atoms with Gasteiger partial charge in [-0.1, -0.05) is 17.7 Å². The molecule has 0 saturated carbocycles. The summed E-state index contributed by atoms with van der Waals surface area (Å²) in [5.41, 5.74) is 5.17. The molecule has 1 aromatic carbocycles. The van der Waals surface area contributed by atoms with Crippen LogP contribution in [0.5, 0.6) is 0 Å². The first kappa shape index (κ1) is 14.6. The molecule has 0 spiro atoms. The summed E-state index contributed by atoms with van der Waals surface area (Å²) >= 11 is 6.05. The lowest BCUT2D eigenvalue weighted by atomic mass is 10.1. The average Bonchev–Trinajstić information content (AvgIpc) is 2.98. The predicted octanol–water partition coefficient (Wildman–Crippen LogP) is 3.82. The second-order valence-corrected chi connectivity index (χ2v) is 6.33. The number of hydrogen-bond donors (Lipinski definition) is 1. The Bertz CT molecular complexity index is 633. The molecule has 0 radical (unpaired) electrons. The minimum atomic E-state index is 0.484. The van der Waals surface area contributed by atoms with Crippen LogP contribution in [0.4, 0.5) is 0 Å². The molecule has 0 saturated heterocycles. The van der Waals surface area contributed by atoms with Crippen LogP contribution in [0.25, 0.3) is 0 Å². The zero-order chi connectivity index (χ0) is 14.8. The number of halogens is 1. The molecule has 1 aliphatic carbocycles. The van der Waals surface area contributed by atoms with Gasteiger partial charge in [0.25, 0.3) is 0 Å². The Balaban J connectivity index is 1.50. The third-order valence-corrected chi connectivity index (χ3v) is 4.46. The van der Waals surface area contributed by atoms with Crippen LogP contribution < -0.4 is 5.32 Å². The topological polar surface area (TPSA) is 29.9 Å². The average molecular weight is 304 g/mol. The van der Waals surface area contributed by atoms with Crippen molar-refractivity contribution in [1.82, 2.24) is 15.1 Å². The number of aromatic nitrogens is 2. The minimum Gasteiger partial charge on any atom is -0.310 e.